The molecular formula is C52H101NO6. The molecule has 0 amide bonds. The predicted octanol–water partition coefficient (Wildman–Crippen LogP) is 14.8. The fraction of sp³-hybridized carbons (Fsp3) is 0.962. The SMILES string of the molecule is CCCCCC(CCCCC)CC(=O)OCCCCCCCCCOCC(CCN1CCCC1)OCCCCCCCCCOC(=O)CC(CCCCC)CCCCC. The molecule has 1 saturated heterocycles. The zero-order valence-electron chi connectivity index (χ0n) is 40.0. The highest BCUT2D eigenvalue weighted by Gasteiger charge is 2.17. The second kappa shape index (κ2) is 43.5. The van der Waals surface area contributed by atoms with Gasteiger partial charge >= 0.3 is 11.9 Å². The fourth-order valence-electron chi connectivity index (χ4n) is 8.68. The van der Waals surface area contributed by atoms with Crippen molar-refractivity contribution in [2.24, 2.45) is 11.8 Å². The molecule has 350 valence electrons. The topological polar surface area (TPSA) is 74.3 Å². The summed E-state index contributed by atoms with van der Waals surface area (Å²) in [4.78, 5) is 27.5. The number of ether oxygens (including phenoxy) is 4. The number of unbranched alkanes of at least 4 members (excludes halogenated alkanes) is 20. The third-order valence-corrected chi connectivity index (χ3v) is 12.6. The van der Waals surface area contributed by atoms with Crippen LogP contribution in [0.3, 0.4) is 0 Å². The normalized spacial score (nSPS) is 13.9. The molecule has 0 saturated carbocycles. The largest absolute Gasteiger partial charge is 0.466 e. The summed E-state index contributed by atoms with van der Waals surface area (Å²) in [5, 5.41) is 0. The fourth-order valence-corrected chi connectivity index (χ4v) is 8.68. The second-order valence-electron chi connectivity index (χ2n) is 18.4. The van der Waals surface area contributed by atoms with Crippen LogP contribution in [-0.4, -0.2) is 75.6 Å². The van der Waals surface area contributed by atoms with Gasteiger partial charge in [0.1, 0.15) is 0 Å². The summed E-state index contributed by atoms with van der Waals surface area (Å²) in [6.07, 6.45) is 41.2. The predicted molar refractivity (Wildman–Crippen MR) is 250 cm³/mol. The van der Waals surface area contributed by atoms with Crippen molar-refractivity contribution in [2.75, 3.05) is 52.7 Å². The number of carbonyl (C=O) groups is 2. The molecule has 7 nitrogen and oxygen atoms in total. The third-order valence-electron chi connectivity index (χ3n) is 12.6. The Morgan fingerprint density at radius 3 is 1.22 bits per heavy atom. The van der Waals surface area contributed by atoms with Crippen LogP contribution in [0.1, 0.15) is 252 Å². The molecule has 1 aliphatic heterocycles. The van der Waals surface area contributed by atoms with Gasteiger partial charge in [-0.05, 0) is 95.6 Å². The molecule has 0 aromatic heterocycles. The molecule has 59 heavy (non-hydrogen) atoms. The minimum Gasteiger partial charge on any atom is -0.466 e. The maximum absolute atomic E-state index is 12.5. The van der Waals surface area contributed by atoms with E-state index in [0.29, 0.717) is 44.5 Å². The van der Waals surface area contributed by atoms with Crippen molar-refractivity contribution in [1.82, 2.24) is 4.90 Å². The van der Waals surface area contributed by atoms with Gasteiger partial charge in [0, 0.05) is 32.6 Å². The first kappa shape index (κ1) is 55.8. The van der Waals surface area contributed by atoms with Gasteiger partial charge in [0.25, 0.3) is 0 Å². The lowest BCUT2D eigenvalue weighted by Gasteiger charge is -2.22. The molecule has 0 spiro atoms. The van der Waals surface area contributed by atoms with E-state index < -0.39 is 0 Å². The van der Waals surface area contributed by atoms with Crippen LogP contribution in [0.25, 0.3) is 0 Å². The van der Waals surface area contributed by atoms with Gasteiger partial charge in [-0.2, -0.15) is 0 Å². The van der Waals surface area contributed by atoms with Crippen LogP contribution >= 0.6 is 0 Å². The van der Waals surface area contributed by atoms with E-state index in [-0.39, 0.29) is 18.0 Å². The van der Waals surface area contributed by atoms with Gasteiger partial charge < -0.3 is 23.8 Å². The highest BCUT2D eigenvalue weighted by Crippen LogP contribution is 2.23. The molecule has 1 aliphatic rings. The number of nitrogens with zero attached hydrogens (tertiary/aromatic N) is 1. The van der Waals surface area contributed by atoms with E-state index in [9.17, 15) is 9.59 Å². The molecule has 1 rings (SSSR count). The summed E-state index contributed by atoms with van der Waals surface area (Å²) in [6.45, 7) is 16.1. The van der Waals surface area contributed by atoms with Crippen LogP contribution in [0.15, 0.2) is 0 Å². The van der Waals surface area contributed by atoms with Crippen molar-refractivity contribution in [2.45, 2.75) is 259 Å². The molecule has 1 heterocycles. The molecule has 7 heteroatoms. The van der Waals surface area contributed by atoms with Crippen molar-refractivity contribution in [3.05, 3.63) is 0 Å². The van der Waals surface area contributed by atoms with Gasteiger partial charge in [-0.15, -0.1) is 0 Å². The smallest absolute Gasteiger partial charge is 0.306 e. The summed E-state index contributed by atoms with van der Waals surface area (Å²) in [6, 6.07) is 0. The van der Waals surface area contributed by atoms with E-state index in [2.05, 4.69) is 32.6 Å². The number of carbonyl (C=O) groups excluding carboxylic acids is 2. The quantitative estimate of drug-likeness (QED) is 0.0446. The van der Waals surface area contributed by atoms with Crippen LogP contribution in [0.4, 0.5) is 0 Å². The summed E-state index contributed by atoms with van der Waals surface area (Å²) in [7, 11) is 0. The van der Waals surface area contributed by atoms with Gasteiger partial charge in [0.05, 0.1) is 25.9 Å². The highest BCUT2D eigenvalue weighted by molar-refractivity contribution is 5.70. The third kappa shape index (κ3) is 37.1. The summed E-state index contributed by atoms with van der Waals surface area (Å²) in [5.74, 6) is 1.07. The second-order valence-corrected chi connectivity index (χ2v) is 18.4. The molecule has 1 atom stereocenters. The lowest BCUT2D eigenvalue weighted by molar-refractivity contribution is -0.146. The van der Waals surface area contributed by atoms with Gasteiger partial charge in [0.15, 0.2) is 0 Å². The zero-order chi connectivity index (χ0) is 42.7. The van der Waals surface area contributed by atoms with Crippen molar-refractivity contribution in [1.29, 1.82) is 0 Å². The molecule has 0 radical (unpaired) electrons. The Morgan fingerprint density at radius 2 is 0.814 bits per heavy atom. The summed E-state index contributed by atoms with van der Waals surface area (Å²) < 4.78 is 23.8. The zero-order valence-corrected chi connectivity index (χ0v) is 40.0. The first-order chi connectivity index (χ1) is 29.0. The molecule has 0 bridgehead atoms. The number of esters is 2. The van der Waals surface area contributed by atoms with E-state index in [1.54, 1.807) is 0 Å². The Kier molecular flexibility index (Phi) is 41.1. The Balaban J connectivity index is 2.09. The van der Waals surface area contributed by atoms with Crippen LogP contribution in [0.2, 0.25) is 0 Å². The van der Waals surface area contributed by atoms with Crippen molar-refractivity contribution < 1.29 is 28.5 Å². The van der Waals surface area contributed by atoms with Crippen molar-refractivity contribution in [3.8, 4) is 0 Å². The molecule has 0 aromatic rings. The average Bonchev–Trinajstić information content (AvgIpc) is 3.76. The minimum atomic E-state index is 0.0240. The number of hydrogen-bond acceptors (Lipinski definition) is 7. The Hall–Kier alpha value is -1.18. The first-order valence-electron chi connectivity index (χ1n) is 26.2. The molecule has 0 aromatic carbocycles. The van der Waals surface area contributed by atoms with E-state index in [4.69, 9.17) is 18.9 Å². The monoisotopic (exact) mass is 836 g/mol. The summed E-state index contributed by atoms with van der Waals surface area (Å²) >= 11 is 0. The van der Waals surface area contributed by atoms with E-state index in [0.717, 1.165) is 64.7 Å². The lowest BCUT2D eigenvalue weighted by Crippen LogP contribution is -2.28. The Labute approximate surface area is 367 Å². The highest BCUT2D eigenvalue weighted by atomic mass is 16.5. The molecular weight excluding hydrogens is 735 g/mol. The van der Waals surface area contributed by atoms with E-state index >= 15 is 0 Å². The maximum atomic E-state index is 12.5. The van der Waals surface area contributed by atoms with E-state index in [1.165, 1.54) is 180 Å². The van der Waals surface area contributed by atoms with E-state index in [1.807, 2.05) is 0 Å². The molecule has 0 aliphatic carbocycles. The van der Waals surface area contributed by atoms with Crippen LogP contribution in [-0.2, 0) is 28.5 Å². The van der Waals surface area contributed by atoms with Gasteiger partial charge in [0.2, 0.25) is 0 Å². The standard InChI is InChI=1S/C52H101NO6/c1-5-9-23-33-48(34-24-10-6-2)45-51(54)58-43-31-21-17-13-15-19-29-41-56-47-50(37-40-53-38-27-28-39-53)57-42-30-20-16-14-18-22-32-44-59-52(55)46-49(35-25-11-7-3)36-26-12-8-4/h48-50H,5-47H2,1-4H3. The van der Waals surface area contributed by atoms with Crippen LogP contribution in [0.5, 0.6) is 0 Å². The maximum Gasteiger partial charge on any atom is 0.306 e. The minimum absolute atomic E-state index is 0.0240. The molecule has 1 unspecified atom stereocenters. The van der Waals surface area contributed by atoms with Gasteiger partial charge in [-0.25, -0.2) is 0 Å². The van der Waals surface area contributed by atoms with Crippen molar-refractivity contribution in [3.63, 3.8) is 0 Å². The molecule has 0 N–H and O–H groups in total. The summed E-state index contributed by atoms with van der Waals surface area (Å²) in [5.41, 5.74) is 0. The van der Waals surface area contributed by atoms with Gasteiger partial charge in [-0.1, -0.05) is 169 Å². The molecule has 1 fully saturated rings. The van der Waals surface area contributed by atoms with Crippen LogP contribution in [0, 0.1) is 11.8 Å². The van der Waals surface area contributed by atoms with Crippen molar-refractivity contribution >= 4 is 11.9 Å². The number of hydrogen-bond donors (Lipinski definition) is 0. The Morgan fingerprint density at radius 1 is 0.441 bits per heavy atom. The van der Waals surface area contributed by atoms with Gasteiger partial charge in [-0.3, -0.25) is 9.59 Å². The number of rotatable bonds is 46. The average molecular weight is 836 g/mol. The Bertz CT molecular complexity index is 874. The number of likely N-dealkylation sites (tertiary alicyclic amines) is 1. The lowest BCUT2D eigenvalue weighted by atomic mass is 9.92. The van der Waals surface area contributed by atoms with Crippen LogP contribution < -0.4 is 0 Å². The first-order valence-corrected chi connectivity index (χ1v) is 26.2.